The van der Waals surface area contributed by atoms with Crippen LogP contribution in [0.1, 0.15) is 55.7 Å². The van der Waals surface area contributed by atoms with Crippen LogP contribution in [0.25, 0.3) is 0 Å². The maximum Gasteiger partial charge on any atom is 0.264 e. The van der Waals surface area contributed by atoms with E-state index >= 15 is 0 Å². The summed E-state index contributed by atoms with van der Waals surface area (Å²) in [6.45, 7) is 5.33. The lowest BCUT2D eigenvalue weighted by atomic mass is 10.1. The first-order chi connectivity index (χ1) is 20.1. The summed E-state index contributed by atoms with van der Waals surface area (Å²) in [6.07, 6.45) is 4.35. The molecule has 0 spiro atoms. The van der Waals surface area contributed by atoms with Crippen molar-refractivity contribution in [3.63, 3.8) is 0 Å². The fourth-order valence-corrected chi connectivity index (χ4v) is 6.75. The third kappa shape index (κ3) is 7.50. The number of anilines is 1. The normalized spacial score (nSPS) is 14.3. The van der Waals surface area contributed by atoms with E-state index in [1.807, 2.05) is 57.2 Å². The summed E-state index contributed by atoms with van der Waals surface area (Å²) in [5.41, 5.74) is 3.04. The third-order valence-electron chi connectivity index (χ3n) is 7.78. The van der Waals surface area contributed by atoms with Crippen molar-refractivity contribution in [2.24, 2.45) is 0 Å². The summed E-state index contributed by atoms with van der Waals surface area (Å²) in [5.74, 6) is -0.0574. The van der Waals surface area contributed by atoms with Crippen LogP contribution in [0.5, 0.6) is 5.75 Å². The van der Waals surface area contributed by atoms with E-state index in [9.17, 15) is 18.0 Å². The highest BCUT2D eigenvalue weighted by molar-refractivity contribution is 7.92. The molecule has 0 heterocycles. The topological polar surface area (TPSA) is 96.0 Å². The van der Waals surface area contributed by atoms with Crippen molar-refractivity contribution in [3.05, 3.63) is 89.5 Å². The Morgan fingerprint density at radius 1 is 0.952 bits per heavy atom. The highest BCUT2D eigenvalue weighted by Gasteiger charge is 2.34. The second kappa shape index (κ2) is 13.9. The fraction of sp³-hybridized carbons (Fsp3) is 0.394. The Labute approximate surface area is 249 Å². The van der Waals surface area contributed by atoms with Gasteiger partial charge in [-0.05, 0) is 75.1 Å². The number of ether oxygens (including phenoxy) is 1. The van der Waals surface area contributed by atoms with Gasteiger partial charge in [0, 0.05) is 12.6 Å². The Kier molecular flexibility index (Phi) is 10.3. The van der Waals surface area contributed by atoms with Crippen LogP contribution in [0.2, 0.25) is 0 Å². The average molecular weight is 592 g/mol. The number of amides is 2. The molecule has 0 saturated heterocycles. The molecule has 3 aromatic carbocycles. The van der Waals surface area contributed by atoms with E-state index in [0.717, 1.165) is 46.7 Å². The monoisotopic (exact) mass is 591 g/mol. The number of rotatable bonds is 12. The van der Waals surface area contributed by atoms with Gasteiger partial charge in [-0.15, -0.1) is 0 Å². The zero-order valence-electron chi connectivity index (χ0n) is 24.9. The highest BCUT2D eigenvalue weighted by Crippen LogP contribution is 2.26. The Hall–Kier alpha value is -3.85. The Morgan fingerprint density at radius 3 is 2.17 bits per heavy atom. The minimum Gasteiger partial charge on any atom is -0.497 e. The minimum atomic E-state index is -4.10. The van der Waals surface area contributed by atoms with Gasteiger partial charge in [0.1, 0.15) is 18.3 Å². The number of aryl methyl sites for hydroxylation is 2. The van der Waals surface area contributed by atoms with Crippen LogP contribution in [0, 0.1) is 13.8 Å². The zero-order chi connectivity index (χ0) is 30.3. The molecule has 1 aliphatic carbocycles. The van der Waals surface area contributed by atoms with E-state index in [0.29, 0.717) is 17.9 Å². The molecule has 3 aromatic rings. The summed E-state index contributed by atoms with van der Waals surface area (Å²) < 4.78 is 34.5. The van der Waals surface area contributed by atoms with Crippen LogP contribution >= 0.6 is 0 Å². The van der Waals surface area contributed by atoms with Crippen molar-refractivity contribution >= 4 is 27.5 Å². The average Bonchev–Trinajstić information content (AvgIpc) is 3.49. The summed E-state index contributed by atoms with van der Waals surface area (Å²) in [4.78, 5) is 29.4. The van der Waals surface area contributed by atoms with Crippen LogP contribution in [0.3, 0.4) is 0 Å². The van der Waals surface area contributed by atoms with E-state index in [4.69, 9.17) is 4.74 Å². The van der Waals surface area contributed by atoms with Crippen LogP contribution < -0.4 is 14.4 Å². The Balaban J connectivity index is 1.71. The lowest BCUT2D eigenvalue weighted by Gasteiger charge is -2.34. The molecular weight excluding hydrogens is 550 g/mol. The first-order valence-electron chi connectivity index (χ1n) is 14.5. The van der Waals surface area contributed by atoms with Crippen molar-refractivity contribution in [2.45, 2.75) is 76.4 Å². The van der Waals surface area contributed by atoms with Crippen molar-refractivity contribution < 1.29 is 22.7 Å². The molecule has 1 fully saturated rings. The van der Waals surface area contributed by atoms with Crippen LogP contribution in [0.4, 0.5) is 5.69 Å². The standard InChI is InChI=1S/C33H41N3O5S/c1-5-31(33(38)34-27-10-6-7-11-27)35(22-26-9-8-12-29(21-26)41-4)32(37)23-36(28-17-13-24(2)14-18-28)42(39,40)30-19-15-25(3)16-20-30/h8-9,12-21,27,31H,5-7,10-11,22-23H2,1-4H3,(H,34,38)/t31-/m0/s1. The van der Waals surface area contributed by atoms with Gasteiger partial charge in [-0.1, -0.05) is 67.3 Å². The quantitative estimate of drug-likeness (QED) is 0.305. The number of methoxy groups -OCH3 is 1. The fourth-order valence-electron chi connectivity index (χ4n) is 5.33. The Morgan fingerprint density at radius 2 is 1.57 bits per heavy atom. The van der Waals surface area contributed by atoms with Gasteiger partial charge < -0.3 is 15.0 Å². The number of benzene rings is 3. The molecular formula is C33H41N3O5S. The van der Waals surface area contributed by atoms with Gasteiger partial charge in [-0.2, -0.15) is 0 Å². The molecule has 8 nitrogen and oxygen atoms in total. The molecule has 0 aliphatic heterocycles. The number of hydrogen-bond donors (Lipinski definition) is 1. The highest BCUT2D eigenvalue weighted by atomic mass is 32.2. The number of nitrogens with one attached hydrogen (secondary N) is 1. The summed E-state index contributed by atoms with van der Waals surface area (Å²) >= 11 is 0. The SMILES string of the molecule is CC[C@@H](C(=O)NC1CCCC1)N(Cc1cccc(OC)c1)C(=O)CN(c1ccc(C)cc1)S(=O)(=O)c1ccc(C)cc1. The molecule has 0 aromatic heterocycles. The first-order valence-corrected chi connectivity index (χ1v) is 15.9. The molecule has 224 valence electrons. The molecule has 0 bridgehead atoms. The van der Waals surface area contributed by atoms with Gasteiger partial charge in [0.05, 0.1) is 17.7 Å². The zero-order valence-corrected chi connectivity index (χ0v) is 25.7. The second-order valence-corrected chi connectivity index (χ2v) is 12.8. The first kappa shape index (κ1) is 31.1. The van der Waals surface area contributed by atoms with E-state index in [1.165, 1.54) is 4.90 Å². The number of carbonyl (C=O) groups is 2. The van der Waals surface area contributed by atoms with Crippen molar-refractivity contribution in [2.75, 3.05) is 18.0 Å². The number of nitrogens with zero attached hydrogens (tertiary/aromatic N) is 2. The molecule has 4 rings (SSSR count). The smallest absolute Gasteiger partial charge is 0.264 e. The molecule has 1 atom stereocenters. The largest absolute Gasteiger partial charge is 0.497 e. The second-order valence-electron chi connectivity index (χ2n) is 10.9. The van der Waals surface area contributed by atoms with E-state index < -0.39 is 28.5 Å². The summed E-state index contributed by atoms with van der Waals surface area (Å²) in [5, 5.41) is 3.14. The van der Waals surface area contributed by atoms with Gasteiger partial charge in [0.2, 0.25) is 11.8 Å². The third-order valence-corrected chi connectivity index (χ3v) is 9.57. The molecule has 1 N–H and O–H groups in total. The molecule has 42 heavy (non-hydrogen) atoms. The van der Waals surface area contributed by atoms with Gasteiger partial charge in [-0.3, -0.25) is 13.9 Å². The molecule has 0 unspecified atom stereocenters. The van der Waals surface area contributed by atoms with Gasteiger partial charge in [-0.25, -0.2) is 8.42 Å². The molecule has 1 saturated carbocycles. The van der Waals surface area contributed by atoms with E-state index in [2.05, 4.69) is 5.32 Å². The number of hydrogen-bond acceptors (Lipinski definition) is 5. The predicted molar refractivity (Wildman–Crippen MR) is 165 cm³/mol. The number of carbonyl (C=O) groups excluding carboxylic acids is 2. The van der Waals surface area contributed by atoms with Crippen LogP contribution in [-0.4, -0.2) is 50.9 Å². The maximum atomic E-state index is 14.2. The maximum absolute atomic E-state index is 14.2. The summed E-state index contributed by atoms with van der Waals surface area (Å²) in [6, 6.07) is 20.2. The van der Waals surface area contributed by atoms with Gasteiger partial charge in [0.15, 0.2) is 0 Å². The predicted octanol–water partition coefficient (Wildman–Crippen LogP) is 5.37. The van der Waals surface area contributed by atoms with E-state index in [-0.39, 0.29) is 23.4 Å². The lowest BCUT2D eigenvalue weighted by molar-refractivity contribution is -0.140. The van der Waals surface area contributed by atoms with Crippen molar-refractivity contribution in [3.8, 4) is 5.75 Å². The van der Waals surface area contributed by atoms with Crippen molar-refractivity contribution in [1.29, 1.82) is 0 Å². The molecule has 0 radical (unpaired) electrons. The van der Waals surface area contributed by atoms with Crippen LogP contribution in [-0.2, 0) is 26.2 Å². The van der Waals surface area contributed by atoms with E-state index in [1.54, 1.807) is 43.5 Å². The molecule has 9 heteroatoms. The van der Waals surface area contributed by atoms with Crippen LogP contribution in [0.15, 0.2) is 77.7 Å². The van der Waals surface area contributed by atoms with Gasteiger partial charge >= 0.3 is 0 Å². The lowest BCUT2D eigenvalue weighted by Crippen LogP contribution is -2.53. The minimum absolute atomic E-state index is 0.0892. The van der Waals surface area contributed by atoms with Crippen molar-refractivity contribution in [1.82, 2.24) is 10.2 Å². The van der Waals surface area contributed by atoms with Gasteiger partial charge in [0.25, 0.3) is 10.0 Å². The Bertz CT molecular complexity index is 1470. The molecule has 1 aliphatic rings. The summed E-state index contributed by atoms with van der Waals surface area (Å²) in [7, 11) is -2.53. The molecule has 2 amide bonds. The number of sulfonamides is 1.